The van der Waals surface area contributed by atoms with Gasteiger partial charge in [-0.3, -0.25) is 4.79 Å². The van der Waals surface area contributed by atoms with Crippen molar-refractivity contribution in [1.29, 1.82) is 0 Å². The van der Waals surface area contributed by atoms with Crippen LogP contribution in [0.5, 0.6) is 5.75 Å². The van der Waals surface area contributed by atoms with Crippen LogP contribution in [-0.4, -0.2) is 17.5 Å². The molecule has 0 radical (unpaired) electrons. The van der Waals surface area contributed by atoms with Gasteiger partial charge in [-0.05, 0) is 37.5 Å². The van der Waals surface area contributed by atoms with E-state index < -0.39 is 0 Å². The fraction of sp³-hybridized carbons (Fsp3) is 0.312. The van der Waals surface area contributed by atoms with Crippen LogP contribution in [0.1, 0.15) is 40.5 Å². The Morgan fingerprint density at radius 2 is 2.25 bits per heavy atom. The van der Waals surface area contributed by atoms with Gasteiger partial charge in [-0.15, -0.1) is 0 Å². The number of aromatic amines is 1. The highest BCUT2D eigenvalue weighted by Crippen LogP contribution is 2.34. The zero-order valence-corrected chi connectivity index (χ0v) is 11.5. The van der Waals surface area contributed by atoms with Gasteiger partial charge in [0.1, 0.15) is 11.4 Å². The minimum absolute atomic E-state index is 0.00296. The predicted octanol–water partition coefficient (Wildman–Crippen LogP) is 2.97. The second-order valence-corrected chi connectivity index (χ2v) is 5.09. The molecule has 0 fully saturated rings. The molecule has 1 aliphatic heterocycles. The van der Waals surface area contributed by atoms with Gasteiger partial charge < -0.3 is 15.0 Å². The Hall–Kier alpha value is -2.23. The maximum absolute atomic E-state index is 12.2. The van der Waals surface area contributed by atoms with Crippen molar-refractivity contribution >= 4 is 5.91 Å². The molecule has 1 aromatic carbocycles. The van der Waals surface area contributed by atoms with E-state index in [4.69, 9.17) is 4.74 Å². The zero-order chi connectivity index (χ0) is 13.9. The maximum Gasteiger partial charge on any atom is 0.268 e. The topological polar surface area (TPSA) is 54.1 Å². The summed E-state index contributed by atoms with van der Waals surface area (Å²) >= 11 is 0. The third-order valence-electron chi connectivity index (χ3n) is 3.65. The first kappa shape index (κ1) is 12.8. The van der Waals surface area contributed by atoms with E-state index in [9.17, 15) is 4.79 Å². The van der Waals surface area contributed by atoms with E-state index in [1.54, 1.807) is 12.3 Å². The molecule has 2 N–H and O–H groups in total. The molecule has 0 bridgehead atoms. The number of carbonyl (C=O) groups excluding carboxylic acids is 1. The molecule has 0 saturated heterocycles. The largest absolute Gasteiger partial charge is 0.493 e. The molecule has 1 amide bonds. The number of hydrogen-bond acceptors (Lipinski definition) is 2. The number of para-hydroxylation sites is 1. The molecular weight excluding hydrogens is 252 g/mol. The molecule has 1 aromatic heterocycles. The molecular formula is C16H18N2O2. The minimum atomic E-state index is -0.0747. The molecule has 2 heterocycles. The lowest BCUT2D eigenvalue weighted by molar-refractivity contribution is 0.0930. The van der Waals surface area contributed by atoms with E-state index >= 15 is 0 Å². The van der Waals surface area contributed by atoms with Gasteiger partial charge in [0.25, 0.3) is 5.91 Å². The molecule has 20 heavy (non-hydrogen) atoms. The van der Waals surface area contributed by atoms with E-state index in [2.05, 4.69) is 10.3 Å². The number of ether oxygens (including phenoxy) is 1. The fourth-order valence-corrected chi connectivity index (χ4v) is 2.62. The van der Waals surface area contributed by atoms with Gasteiger partial charge in [0.05, 0.1) is 12.6 Å². The van der Waals surface area contributed by atoms with Crippen molar-refractivity contribution in [3.8, 4) is 5.75 Å². The molecule has 104 valence electrons. The van der Waals surface area contributed by atoms with Gasteiger partial charge in [0, 0.05) is 11.8 Å². The fourth-order valence-electron chi connectivity index (χ4n) is 2.62. The summed E-state index contributed by atoms with van der Waals surface area (Å²) in [6.45, 7) is 2.74. The average Bonchev–Trinajstić information content (AvgIpc) is 2.90. The van der Waals surface area contributed by atoms with Crippen molar-refractivity contribution in [3.63, 3.8) is 0 Å². The van der Waals surface area contributed by atoms with E-state index in [1.807, 2.05) is 31.2 Å². The number of aryl methyl sites for hydroxylation is 1. The Morgan fingerprint density at radius 1 is 1.35 bits per heavy atom. The first-order chi connectivity index (χ1) is 9.75. The number of nitrogens with one attached hydrogen (secondary N) is 2. The third kappa shape index (κ3) is 2.41. The van der Waals surface area contributed by atoms with Crippen molar-refractivity contribution in [2.75, 3.05) is 6.61 Å². The third-order valence-corrected chi connectivity index (χ3v) is 3.65. The number of hydrogen-bond donors (Lipinski definition) is 2. The summed E-state index contributed by atoms with van der Waals surface area (Å²) in [7, 11) is 0. The van der Waals surface area contributed by atoms with Crippen molar-refractivity contribution in [2.45, 2.75) is 25.8 Å². The Morgan fingerprint density at radius 3 is 3.05 bits per heavy atom. The number of benzene rings is 1. The number of H-pyrrole nitrogens is 1. The minimum Gasteiger partial charge on any atom is -0.493 e. The molecule has 2 aromatic rings. The molecule has 4 heteroatoms. The van der Waals surface area contributed by atoms with Crippen LogP contribution >= 0.6 is 0 Å². The van der Waals surface area contributed by atoms with E-state index in [1.165, 1.54) is 0 Å². The zero-order valence-electron chi connectivity index (χ0n) is 11.5. The molecule has 1 unspecified atom stereocenters. The Bertz CT molecular complexity index is 605. The standard InChI is InChI=1S/C16H18N2O2/c1-11-5-2-6-12-13(8-4-10-20-15(11)12)18-16(19)14-7-3-9-17-14/h2-3,5-7,9,13,17H,4,8,10H2,1H3,(H,18,19). The van der Waals surface area contributed by atoms with E-state index in [0.717, 1.165) is 29.7 Å². The summed E-state index contributed by atoms with van der Waals surface area (Å²) in [5.74, 6) is 0.844. The highest BCUT2D eigenvalue weighted by atomic mass is 16.5. The van der Waals surface area contributed by atoms with Crippen molar-refractivity contribution in [1.82, 2.24) is 10.3 Å². The summed E-state index contributed by atoms with van der Waals surface area (Å²) in [5.41, 5.74) is 2.77. The highest BCUT2D eigenvalue weighted by Gasteiger charge is 2.23. The molecule has 3 rings (SSSR count). The molecule has 1 aliphatic rings. The van der Waals surface area contributed by atoms with Gasteiger partial charge in [-0.1, -0.05) is 18.2 Å². The quantitative estimate of drug-likeness (QED) is 0.881. The summed E-state index contributed by atoms with van der Waals surface area (Å²) in [6.07, 6.45) is 3.58. The molecule has 0 spiro atoms. The molecule has 0 saturated carbocycles. The van der Waals surface area contributed by atoms with Gasteiger partial charge >= 0.3 is 0 Å². The summed E-state index contributed by atoms with van der Waals surface area (Å²) in [6, 6.07) is 9.68. The summed E-state index contributed by atoms with van der Waals surface area (Å²) in [5, 5.41) is 3.09. The Balaban J connectivity index is 1.87. The van der Waals surface area contributed by atoms with Crippen molar-refractivity contribution in [2.24, 2.45) is 0 Å². The lowest BCUT2D eigenvalue weighted by atomic mass is 9.99. The summed E-state index contributed by atoms with van der Waals surface area (Å²) < 4.78 is 5.82. The van der Waals surface area contributed by atoms with Crippen LogP contribution in [0.25, 0.3) is 0 Å². The predicted molar refractivity (Wildman–Crippen MR) is 76.9 cm³/mol. The Kier molecular flexibility index (Phi) is 3.46. The SMILES string of the molecule is Cc1cccc2c1OCCCC2NC(=O)c1ccc[nH]1. The van der Waals surface area contributed by atoms with Crippen LogP contribution in [0.15, 0.2) is 36.5 Å². The smallest absolute Gasteiger partial charge is 0.268 e. The van der Waals surface area contributed by atoms with Gasteiger partial charge in [-0.2, -0.15) is 0 Å². The Labute approximate surface area is 118 Å². The van der Waals surface area contributed by atoms with Gasteiger partial charge in [0.15, 0.2) is 0 Å². The van der Waals surface area contributed by atoms with Gasteiger partial charge in [0.2, 0.25) is 0 Å². The number of amides is 1. The van der Waals surface area contributed by atoms with Crippen LogP contribution in [0.4, 0.5) is 0 Å². The first-order valence-electron chi connectivity index (χ1n) is 6.92. The molecule has 1 atom stereocenters. The lowest BCUT2D eigenvalue weighted by Gasteiger charge is -2.19. The van der Waals surface area contributed by atoms with Crippen molar-refractivity contribution in [3.05, 3.63) is 53.3 Å². The molecule has 4 nitrogen and oxygen atoms in total. The lowest BCUT2D eigenvalue weighted by Crippen LogP contribution is -2.28. The van der Waals surface area contributed by atoms with Crippen LogP contribution in [0, 0.1) is 6.92 Å². The van der Waals surface area contributed by atoms with Crippen molar-refractivity contribution < 1.29 is 9.53 Å². The number of aromatic nitrogens is 1. The van der Waals surface area contributed by atoms with E-state index in [-0.39, 0.29) is 11.9 Å². The van der Waals surface area contributed by atoms with Crippen LogP contribution in [0.2, 0.25) is 0 Å². The maximum atomic E-state index is 12.2. The number of carbonyl (C=O) groups is 1. The highest BCUT2D eigenvalue weighted by molar-refractivity contribution is 5.92. The number of rotatable bonds is 2. The monoisotopic (exact) mass is 270 g/mol. The average molecular weight is 270 g/mol. The van der Waals surface area contributed by atoms with Gasteiger partial charge in [-0.25, -0.2) is 0 Å². The van der Waals surface area contributed by atoms with Crippen LogP contribution < -0.4 is 10.1 Å². The first-order valence-corrected chi connectivity index (χ1v) is 6.92. The van der Waals surface area contributed by atoms with Crippen LogP contribution in [0.3, 0.4) is 0 Å². The van der Waals surface area contributed by atoms with Crippen LogP contribution in [-0.2, 0) is 0 Å². The summed E-state index contributed by atoms with van der Waals surface area (Å²) in [4.78, 5) is 15.1. The van der Waals surface area contributed by atoms with E-state index in [0.29, 0.717) is 12.3 Å². The second-order valence-electron chi connectivity index (χ2n) is 5.09. The number of fused-ring (bicyclic) bond motifs is 1. The normalized spacial score (nSPS) is 17.8. The molecule has 0 aliphatic carbocycles. The second kappa shape index (κ2) is 5.41.